The minimum Gasteiger partial charge on any atom is -0.370 e. The maximum atomic E-state index is 12.9. The summed E-state index contributed by atoms with van der Waals surface area (Å²) in [5.41, 5.74) is 2.90. The molecular formula is C21H31IN6O3S. The van der Waals surface area contributed by atoms with E-state index in [1.165, 1.54) is 4.31 Å². The Morgan fingerprint density at radius 1 is 1.31 bits per heavy atom. The molecule has 9 nitrogen and oxygen atoms in total. The van der Waals surface area contributed by atoms with E-state index in [1.807, 2.05) is 50.6 Å². The van der Waals surface area contributed by atoms with Crippen molar-refractivity contribution < 1.29 is 13.2 Å². The van der Waals surface area contributed by atoms with Crippen molar-refractivity contribution in [1.82, 2.24) is 20.0 Å². The first-order valence-electron chi connectivity index (χ1n) is 10.7. The molecule has 1 atom stereocenters. The number of benzene rings is 1. The third-order valence-corrected chi connectivity index (χ3v) is 7.34. The number of rotatable bonds is 6. The number of fused-ring (bicyclic) bond motifs is 1. The number of ether oxygens (including phenoxy) is 1. The predicted octanol–water partition coefficient (Wildman–Crippen LogP) is 1.77. The number of para-hydroxylation sites is 1. The number of aryl methyl sites for hydroxylation is 1. The number of sulfonamides is 1. The molecule has 1 N–H and O–H groups in total. The Labute approximate surface area is 206 Å². The molecule has 1 unspecified atom stereocenters. The summed E-state index contributed by atoms with van der Waals surface area (Å²) in [6.45, 7) is 5.35. The Hall–Kier alpha value is -1.86. The lowest BCUT2D eigenvalue weighted by Crippen LogP contribution is -2.48. The smallest absolute Gasteiger partial charge is 0.237 e. The van der Waals surface area contributed by atoms with Gasteiger partial charge in [0, 0.05) is 38.4 Å². The van der Waals surface area contributed by atoms with E-state index < -0.39 is 10.0 Å². The molecule has 1 aromatic heterocycles. The largest absolute Gasteiger partial charge is 0.370 e. The van der Waals surface area contributed by atoms with Gasteiger partial charge in [0.15, 0.2) is 5.96 Å². The zero-order chi connectivity index (χ0) is 21.8. The number of anilines is 1. The van der Waals surface area contributed by atoms with Crippen LogP contribution < -0.4 is 9.62 Å². The lowest BCUT2D eigenvalue weighted by molar-refractivity contribution is -0.00802. The molecule has 2 aromatic rings. The van der Waals surface area contributed by atoms with Gasteiger partial charge in [-0.2, -0.15) is 5.10 Å². The predicted molar refractivity (Wildman–Crippen MR) is 136 cm³/mol. The van der Waals surface area contributed by atoms with Crippen molar-refractivity contribution in [2.45, 2.75) is 19.4 Å². The topological polar surface area (TPSA) is 92.1 Å². The summed E-state index contributed by atoms with van der Waals surface area (Å²) in [5.74, 6) is 0.698. The van der Waals surface area contributed by atoms with Crippen LogP contribution in [0.25, 0.3) is 0 Å². The van der Waals surface area contributed by atoms with Gasteiger partial charge >= 0.3 is 0 Å². The molecule has 1 saturated heterocycles. The fraction of sp³-hybridized carbons (Fsp3) is 0.524. The Bertz CT molecular complexity index is 1040. The summed E-state index contributed by atoms with van der Waals surface area (Å²) in [6.07, 6.45) is 4.44. The fourth-order valence-electron chi connectivity index (χ4n) is 4.05. The average molecular weight is 574 g/mol. The summed E-state index contributed by atoms with van der Waals surface area (Å²) < 4.78 is 35.1. The van der Waals surface area contributed by atoms with Crippen molar-refractivity contribution in [3.63, 3.8) is 0 Å². The van der Waals surface area contributed by atoms with Crippen molar-refractivity contribution in [2.75, 3.05) is 49.4 Å². The molecule has 2 aliphatic heterocycles. The lowest BCUT2D eigenvalue weighted by atomic mass is 10.1. The van der Waals surface area contributed by atoms with Crippen LogP contribution in [0.5, 0.6) is 0 Å². The number of aromatic nitrogens is 2. The van der Waals surface area contributed by atoms with Gasteiger partial charge in [-0.3, -0.25) is 14.0 Å². The zero-order valence-corrected chi connectivity index (χ0v) is 21.6. The first-order valence-corrected chi connectivity index (χ1v) is 12.3. The summed E-state index contributed by atoms with van der Waals surface area (Å²) >= 11 is 0. The molecule has 176 valence electrons. The van der Waals surface area contributed by atoms with Gasteiger partial charge in [-0.15, -0.1) is 24.0 Å². The molecule has 0 bridgehead atoms. The standard InChI is InChI=1S/C21H30N6O3S.HI/c1-3-22-21(26-11-12-30-20(16-26)18-14-24-25(2)15-18)23-9-13-31(28,29)27-10-8-17-6-4-5-7-19(17)27;/h4-7,14-15,20H,3,8-13,16H2,1-2H3,(H,22,23);1H. The van der Waals surface area contributed by atoms with Crippen LogP contribution >= 0.6 is 24.0 Å². The van der Waals surface area contributed by atoms with Gasteiger partial charge in [-0.1, -0.05) is 18.2 Å². The van der Waals surface area contributed by atoms with E-state index in [0.29, 0.717) is 32.8 Å². The number of nitrogens with one attached hydrogen (secondary N) is 1. The van der Waals surface area contributed by atoms with Gasteiger partial charge in [0.1, 0.15) is 6.10 Å². The van der Waals surface area contributed by atoms with E-state index in [0.717, 1.165) is 29.2 Å². The van der Waals surface area contributed by atoms with Crippen LogP contribution in [0.15, 0.2) is 41.7 Å². The van der Waals surface area contributed by atoms with Crippen molar-refractivity contribution >= 4 is 45.6 Å². The molecule has 32 heavy (non-hydrogen) atoms. The van der Waals surface area contributed by atoms with E-state index in [9.17, 15) is 8.42 Å². The van der Waals surface area contributed by atoms with Crippen molar-refractivity contribution in [1.29, 1.82) is 0 Å². The molecule has 0 amide bonds. The zero-order valence-electron chi connectivity index (χ0n) is 18.5. The van der Waals surface area contributed by atoms with Crippen LogP contribution in [-0.2, 0) is 28.2 Å². The number of aliphatic imine (C=N–C) groups is 1. The van der Waals surface area contributed by atoms with E-state index >= 15 is 0 Å². The third-order valence-electron chi connectivity index (χ3n) is 5.59. The van der Waals surface area contributed by atoms with Gasteiger partial charge in [-0.05, 0) is 25.0 Å². The second-order valence-electron chi connectivity index (χ2n) is 7.76. The van der Waals surface area contributed by atoms with Crippen LogP contribution in [0, 0.1) is 0 Å². The molecule has 2 aliphatic rings. The second-order valence-corrected chi connectivity index (χ2v) is 9.77. The third kappa shape index (κ3) is 5.54. The lowest BCUT2D eigenvalue weighted by Gasteiger charge is -2.34. The highest BCUT2D eigenvalue weighted by atomic mass is 127. The Morgan fingerprint density at radius 3 is 2.88 bits per heavy atom. The summed E-state index contributed by atoms with van der Waals surface area (Å²) in [5, 5.41) is 7.52. The minimum atomic E-state index is -3.42. The summed E-state index contributed by atoms with van der Waals surface area (Å²) in [4.78, 5) is 6.76. The van der Waals surface area contributed by atoms with Crippen LogP contribution in [0.1, 0.15) is 24.2 Å². The molecule has 4 rings (SSSR count). The van der Waals surface area contributed by atoms with Crippen LogP contribution in [0.4, 0.5) is 5.69 Å². The summed E-state index contributed by atoms with van der Waals surface area (Å²) in [6, 6.07) is 7.69. The number of morpholine rings is 1. The Kier molecular flexibility index (Phi) is 8.39. The van der Waals surface area contributed by atoms with Crippen LogP contribution in [0.3, 0.4) is 0 Å². The highest BCUT2D eigenvalue weighted by Gasteiger charge is 2.29. The van der Waals surface area contributed by atoms with Gasteiger partial charge in [0.2, 0.25) is 10.0 Å². The number of halogens is 1. The SMILES string of the molecule is CCNC(=NCCS(=O)(=O)N1CCc2ccccc21)N1CCOC(c2cnn(C)c2)C1.I. The maximum absolute atomic E-state index is 12.9. The number of hydrogen-bond acceptors (Lipinski definition) is 5. The van der Waals surface area contributed by atoms with E-state index in [1.54, 1.807) is 4.68 Å². The van der Waals surface area contributed by atoms with E-state index in [4.69, 9.17) is 4.74 Å². The van der Waals surface area contributed by atoms with Crippen molar-refractivity contribution in [3.05, 3.63) is 47.8 Å². The highest BCUT2D eigenvalue weighted by Crippen LogP contribution is 2.30. The second kappa shape index (κ2) is 10.8. The molecule has 1 aromatic carbocycles. The molecule has 0 saturated carbocycles. The molecule has 0 aliphatic carbocycles. The number of nitrogens with zero attached hydrogens (tertiary/aromatic N) is 5. The molecule has 1 fully saturated rings. The number of guanidine groups is 1. The molecule has 0 spiro atoms. The molecule has 3 heterocycles. The monoisotopic (exact) mass is 574 g/mol. The fourth-order valence-corrected chi connectivity index (χ4v) is 5.44. The van der Waals surface area contributed by atoms with Gasteiger partial charge in [-0.25, -0.2) is 8.42 Å². The van der Waals surface area contributed by atoms with E-state index in [-0.39, 0.29) is 42.4 Å². The van der Waals surface area contributed by atoms with Crippen molar-refractivity contribution in [3.8, 4) is 0 Å². The summed E-state index contributed by atoms with van der Waals surface area (Å²) in [7, 11) is -1.54. The number of hydrogen-bond donors (Lipinski definition) is 1. The van der Waals surface area contributed by atoms with E-state index in [2.05, 4.69) is 20.3 Å². The van der Waals surface area contributed by atoms with Crippen LogP contribution in [-0.4, -0.2) is 74.1 Å². The normalized spacial score (nSPS) is 18.9. The Morgan fingerprint density at radius 2 is 2.12 bits per heavy atom. The van der Waals surface area contributed by atoms with Crippen LogP contribution in [0.2, 0.25) is 0 Å². The first kappa shape index (κ1) is 24.8. The first-order chi connectivity index (χ1) is 15.0. The maximum Gasteiger partial charge on any atom is 0.237 e. The quantitative estimate of drug-likeness (QED) is 0.322. The minimum absolute atomic E-state index is 0. The molecule has 11 heteroatoms. The van der Waals surface area contributed by atoms with Gasteiger partial charge in [0.25, 0.3) is 0 Å². The van der Waals surface area contributed by atoms with Gasteiger partial charge < -0.3 is 15.0 Å². The Balaban J connectivity index is 0.00000289. The average Bonchev–Trinajstić information content (AvgIpc) is 3.40. The van der Waals surface area contributed by atoms with Crippen molar-refractivity contribution in [2.24, 2.45) is 12.0 Å². The highest BCUT2D eigenvalue weighted by molar-refractivity contribution is 14.0. The molecule has 0 radical (unpaired) electrons. The molecular weight excluding hydrogens is 543 g/mol. The van der Waals surface area contributed by atoms with Gasteiger partial charge in [0.05, 0.1) is 37.3 Å².